The predicted molar refractivity (Wildman–Crippen MR) is 86.9 cm³/mol. The highest BCUT2D eigenvalue weighted by molar-refractivity contribution is 8.13. The second-order valence-electron chi connectivity index (χ2n) is 5.09. The van der Waals surface area contributed by atoms with Gasteiger partial charge in [0, 0.05) is 19.6 Å². The summed E-state index contributed by atoms with van der Waals surface area (Å²) in [5, 5.41) is 11.2. The van der Waals surface area contributed by atoms with E-state index in [1.807, 2.05) is 4.90 Å². The first-order chi connectivity index (χ1) is 11.4. The highest BCUT2D eigenvalue weighted by Crippen LogP contribution is 2.35. The van der Waals surface area contributed by atoms with Crippen molar-refractivity contribution in [3.63, 3.8) is 0 Å². The lowest BCUT2D eigenvalue weighted by Crippen LogP contribution is -2.36. The Hall–Kier alpha value is -1.76. The van der Waals surface area contributed by atoms with Crippen molar-refractivity contribution in [3.8, 4) is 6.19 Å². The van der Waals surface area contributed by atoms with E-state index in [-0.39, 0.29) is 23.0 Å². The Kier molecular flexibility index (Phi) is 6.48. The number of nitriles is 1. The molecule has 0 saturated carbocycles. The summed E-state index contributed by atoms with van der Waals surface area (Å²) in [4.78, 5) is 5.97. The third-order valence-electron chi connectivity index (χ3n) is 3.48. The normalized spacial score (nSPS) is 16.7. The van der Waals surface area contributed by atoms with Crippen molar-refractivity contribution in [2.75, 3.05) is 32.6 Å². The largest absolute Gasteiger partial charge is 0.416 e. The molecule has 0 atom stereocenters. The molecular formula is C15H17F3N4OS. The van der Waals surface area contributed by atoms with Gasteiger partial charge in [-0.1, -0.05) is 17.8 Å². The van der Waals surface area contributed by atoms with Crippen molar-refractivity contribution in [1.82, 2.24) is 10.2 Å². The van der Waals surface area contributed by atoms with Gasteiger partial charge in [0.25, 0.3) is 0 Å². The Labute approximate surface area is 142 Å². The summed E-state index contributed by atoms with van der Waals surface area (Å²) in [6, 6.07) is 3.99. The molecule has 24 heavy (non-hydrogen) atoms. The molecule has 0 bridgehead atoms. The number of benzene rings is 1. The average molecular weight is 358 g/mol. The molecule has 1 aromatic rings. The van der Waals surface area contributed by atoms with Crippen LogP contribution in [0.15, 0.2) is 23.2 Å². The van der Waals surface area contributed by atoms with Gasteiger partial charge in [0.05, 0.1) is 24.5 Å². The average Bonchev–Trinajstić information content (AvgIpc) is 2.55. The van der Waals surface area contributed by atoms with Gasteiger partial charge in [0.2, 0.25) is 0 Å². The van der Waals surface area contributed by atoms with Gasteiger partial charge in [-0.3, -0.25) is 10.2 Å². The number of halogens is 3. The van der Waals surface area contributed by atoms with E-state index in [0.717, 1.165) is 17.8 Å². The Morgan fingerprint density at radius 1 is 1.42 bits per heavy atom. The quantitative estimate of drug-likeness (QED) is 0.390. The van der Waals surface area contributed by atoms with E-state index in [4.69, 9.17) is 10.00 Å². The number of hydrogen-bond acceptors (Lipinski definition) is 5. The van der Waals surface area contributed by atoms with E-state index >= 15 is 0 Å². The fourth-order valence-electron chi connectivity index (χ4n) is 2.33. The minimum Gasteiger partial charge on any atom is -0.379 e. The van der Waals surface area contributed by atoms with Crippen molar-refractivity contribution < 1.29 is 17.9 Å². The number of aliphatic imine (C=N–C) groups is 1. The third-order valence-corrected chi connectivity index (χ3v) is 4.06. The van der Waals surface area contributed by atoms with E-state index in [0.29, 0.717) is 26.3 Å². The van der Waals surface area contributed by atoms with Crippen LogP contribution in [0.1, 0.15) is 11.1 Å². The molecule has 1 aliphatic rings. The molecule has 0 unspecified atom stereocenters. The van der Waals surface area contributed by atoms with Crippen molar-refractivity contribution in [1.29, 1.82) is 5.26 Å². The van der Waals surface area contributed by atoms with Gasteiger partial charge in [-0.25, -0.2) is 4.99 Å². The fraction of sp³-hybridized carbons (Fsp3) is 0.467. The molecule has 1 heterocycles. The van der Waals surface area contributed by atoms with Crippen LogP contribution in [-0.4, -0.2) is 42.6 Å². The van der Waals surface area contributed by atoms with Crippen LogP contribution in [0.4, 0.5) is 18.9 Å². The maximum absolute atomic E-state index is 13.4. The van der Waals surface area contributed by atoms with Crippen LogP contribution in [-0.2, 0) is 17.5 Å². The molecule has 130 valence electrons. The van der Waals surface area contributed by atoms with Crippen LogP contribution >= 0.6 is 11.8 Å². The van der Waals surface area contributed by atoms with Crippen molar-refractivity contribution in [2.24, 2.45) is 4.99 Å². The topological polar surface area (TPSA) is 60.6 Å². The van der Waals surface area contributed by atoms with E-state index in [2.05, 4.69) is 10.3 Å². The number of nitrogens with one attached hydrogen (secondary N) is 1. The zero-order valence-electron chi connectivity index (χ0n) is 13.1. The Morgan fingerprint density at radius 3 is 2.71 bits per heavy atom. The molecule has 1 saturated heterocycles. The molecule has 0 aromatic heterocycles. The maximum atomic E-state index is 13.4. The first-order valence-corrected chi connectivity index (χ1v) is 8.44. The molecule has 0 aliphatic carbocycles. The molecule has 0 spiro atoms. The third kappa shape index (κ3) is 5.12. The van der Waals surface area contributed by atoms with Gasteiger partial charge in [0.1, 0.15) is 0 Å². The Bertz CT molecular complexity index is 637. The Balaban J connectivity index is 2.30. The number of rotatable bonds is 3. The zero-order valence-corrected chi connectivity index (χ0v) is 13.9. The minimum absolute atomic E-state index is 0.153. The van der Waals surface area contributed by atoms with Crippen LogP contribution in [0.25, 0.3) is 0 Å². The highest BCUT2D eigenvalue weighted by Gasteiger charge is 2.34. The van der Waals surface area contributed by atoms with E-state index in [1.54, 1.807) is 12.4 Å². The molecule has 1 N–H and O–H groups in total. The second kappa shape index (κ2) is 8.37. The van der Waals surface area contributed by atoms with Gasteiger partial charge in [-0.2, -0.15) is 18.4 Å². The van der Waals surface area contributed by atoms with Gasteiger partial charge in [-0.05, 0) is 24.0 Å². The molecule has 9 heteroatoms. The molecular weight excluding hydrogens is 341 g/mol. The second-order valence-corrected chi connectivity index (χ2v) is 5.88. The zero-order chi connectivity index (χ0) is 17.6. The number of ether oxygens (including phenoxy) is 1. The maximum Gasteiger partial charge on any atom is 0.416 e. The molecule has 0 amide bonds. The van der Waals surface area contributed by atoms with Gasteiger partial charge < -0.3 is 4.74 Å². The lowest BCUT2D eigenvalue weighted by molar-refractivity contribution is -0.138. The summed E-state index contributed by atoms with van der Waals surface area (Å²) in [7, 11) is 0. The van der Waals surface area contributed by atoms with Gasteiger partial charge in [0.15, 0.2) is 11.4 Å². The number of morpholine rings is 1. The smallest absolute Gasteiger partial charge is 0.379 e. The molecule has 5 nitrogen and oxygen atoms in total. The predicted octanol–water partition coefficient (Wildman–Crippen LogP) is 2.96. The minimum atomic E-state index is -4.46. The first-order valence-electron chi connectivity index (χ1n) is 7.22. The summed E-state index contributed by atoms with van der Waals surface area (Å²) in [5.41, 5.74) is -0.338. The number of thioether (sulfide) groups is 1. The van der Waals surface area contributed by atoms with E-state index in [9.17, 15) is 13.2 Å². The number of hydrogen-bond donors (Lipinski definition) is 1. The van der Waals surface area contributed by atoms with Crippen molar-refractivity contribution in [3.05, 3.63) is 29.3 Å². The summed E-state index contributed by atoms with van der Waals surface area (Å²) >= 11 is 1.15. The summed E-state index contributed by atoms with van der Waals surface area (Å²) in [6.45, 7) is 2.50. The summed E-state index contributed by atoms with van der Waals surface area (Å²) in [6.07, 6.45) is -1.07. The fourth-order valence-corrected chi connectivity index (χ4v) is 2.67. The molecule has 2 rings (SSSR count). The standard InChI is InChI=1S/C15H17F3N4OS/c1-24-14(20-10-19)21-12-3-2-11(13(8-12)15(16,17)18)9-22-4-6-23-7-5-22/h2-3,8H,4-7,9H2,1H3,(H,20,21). The molecule has 1 aliphatic heterocycles. The van der Waals surface area contributed by atoms with Crippen LogP contribution in [0.2, 0.25) is 0 Å². The number of nitrogens with zero attached hydrogens (tertiary/aromatic N) is 3. The van der Waals surface area contributed by atoms with Gasteiger partial charge >= 0.3 is 6.18 Å². The van der Waals surface area contributed by atoms with Crippen LogP contribution in [0.3, 0.4) is 0 Å². The SMILES string of the molecule is CSC(=Nc1ccc(CN2CCOCC2)c(C(F)(F)F)c1)NC#N. The highest BCUT2D eigenvalue weighted by atomic mass is 32.2. The van der Waals surface area contributed by atoms with Crippen molar-refractivity contribution >= 4 is 22.6 Å². The molecule has 1 aromatic carbocycles. The Morgan fingerprint density at radius 2 is 2.12 bits per heavy atom. The molecule has 0 radical (unpaired) electrons. The number of alkyl halides is 3. The van der Waals surface area contributed by atoms with Crippen LogP contribution in [0, 0.1) is 11.5 Å². The summed E-state index contributed by atoms with van der Waals surface area (Å²) < 4.78 is 45.4. The van der Waals surface area contributed by atoms with E-state index < -0.39 is 11.7 Å². The van der Waals surface area contributed by atoms with E-state index in [1.165, 1.54) is 12.1 Å². The molecule has 1 fully saturated rings. The lowest BCUT2D eigenvalue weighted by atomic mass is 10.1. The van der Waals surface area contributed by atoms with Crippen LogP contribution < -0.4 is 5.32 Å². The summed E-state index contributed by atoms with van der Waals surface area (Å²) in [5.74, 6) is 0. The number of amidine groups is 1. The monoisotopic (exact) mass is 358 g/mol. The first kappa shape index (κ1) is 18.6. The van der Waals surface area contributed by atoms with Crippen LogP contribution in [0.5, 0.6) is 0 Å². The van der Waals surface area contributed by atoms with Gasteiger partial charge in [-0.15, -0.1) is 0 Å². The lowest BCUT2D eigenvalue weighted by Gasteiger charge is -2.27. The van der Waals surface area contributed by atoms with Crippen molar-refractivity contribution in [2.45, 2.75) is 12.7 Å².